The van der Waals surface area contributed by atoms with Gasteiger partial charge in [0.15, 0.2) is 0 Å². The Morgan fingerprint density at radius 3 is 2.50 bits per heavy atom. The molecule has 4 heteroatoms. The molecule has 1 amide bonds. The highest BCUT2D eigenvalue weighted by Gasteiger charge is 2.00. The fourth-order valence-electron chi connectivity index (χ4n) is 2.06. The summed E-state index contributed by atoms with van der Waals surface area (Å²) in [6.07, 6.45) is 0. The number of hydrogen-bond donors (Lipinski definition) is 1. The predicted molar refractivity (Wildman–Crippen MR) is 88.9 cm³/mol. The number of oxime groups is 1. The molecule has 2 aromatic rings. The van der Waals surface area contributed by atoms with Crippen LogP contribution in [0.2, 0.25) is 0 Å². The highest BCUT2D eigenvalue weighted by atomic mass is 16.6. The Morgan fingerprint density at radius 2 is 1.86 bits per heavy atom. The van der Waals surface area contributed by atoms with Crippen LogP contribution in [0.1, 0.15) is 30.5 Å². The van der Waals surface area contributed by atoms with Crippen LogP contribution >= 0.6 is 0 Å². The fraction of sp³-hybridized carbons (Fsp3) is 0.222. The maximum absolute atomic E-state index is 11.0. The van der Waals surface area contributed by atoms with Crippen LogP contribution in [0.3, 0.4) is 0 Å². The van der Waals surface area contributed by atoms with E-state index in [4.69, 9.17) is 4.84 Å². The van der Waals surface area contributed by atoms with Crippen LogP contribution in [0, 0.1) is 6.92 Å². The molecule has 2 rings (SSSR count). The predicted octanol–water partition coefficient (Wildman–Crippen LogP) is 3.89. The molecule has 0 aromatic heterocycles. The summed E-state index contributed by atoms with van der Waals surface area (Å²) in [5, 5.41) is 6.87. The van der Waals surface area contributed by atoms with Gasteiger partial charge in [-0.1, -0.05) is 47.1 Å². The Bertz CT molecular complexity index is 676. The third-order valence-electron chi connectivity index (χ3n) is 3.14. The Kier molecular flexibility index (Phi) is 5.31. The molecule has 0 radical (unpaired) electrons. The van der Waals surface area contributed by atoms with Crippen LogP contribution in [0.5, 0.6) is 0 Å². The number of carbonyl (C=O) groups is 1. The van der Waals surface area contributed by atoms with Gasteiger partial charge >= 0.3 is 0 Å². The van der Waals surface area contributed by atoms with Crippen molar-refractivity contribution >= 4 is 17.3 Å². The lowest BCUT2D eigenvalue weighted by Crippen LogP contribution is -2.06. The third kappa shape index (κ3) is 4.74. The van der Waals surface area contributed by atoms with Crippen molar-refractivity contribution in [3.8, 4) is 0 Å². The van der Waals surface area contributed by atoms with Gasteiger partial charge in [-0.05, 0) is 37.1 Å². The molecule has 0 aliphatic rings. The number of carbonyl (C=O) groups excluding carboxylic acids is 1. The van der Waals surface area contributed by atoms with Gasteiger partial charge in [0, 0.05) is 12.6 Å². The molecule has 0 bridgehead atoms. The molecule has 0 atom stereocenters. The van der Waals surface area contributed by atoms with Crippen molar-refractivity contribution in [1.29, 1.82) is 0 Å². The summed E-state index contributed by atoms with van der Waals surface area (Å²) < 4.78 is 0. The van der Waals surface area contributed by atoms with Gasteiger partial charge in [-0.3, -0.25) is 4.79 Å². The van der Waals surface area contributed by atoms with Gasteiger partial charge in [0.2, 0.25) is 5.91 Å². The largest absolute Gasteiger partial charge is 0.391 e. The second kappa shape index (κ2) is 7.41. The zero-order valence-electron chi connectivity index (χ0n) is 13.1. The minimum Gasteiger partial charge on any atom is -0.391 e. The lowest BCUT2D eigenvalue weighted by molar-refractivity contribution is -0.114. The summed E-state index contributed by atoms with van der Waals surface area (Å²) in [7, 11) is 0. The van der Waals surface area contributed by atoms with Crippen molar-refractivity contribution in [3.05, 3.63) is 65.2 Å². The van der Waals surface area contributed by atoms with Crippen molar-refractivity contribution in [3.63, 3.8) is 0 Å². The first kappa shape index (κ1) is 15.8. The highest BCUT2D eigenvalue weighted by molar-refractivity contribution is 5.99. The number of benzene rings is 2. The van der Waals surface area contributed by atoms with Crippen LogP contribution in [0.25, 0.3) is 0 Å². The molecule has 1 N–H and O–H groups in total. The number of nitrogens with zero attached hydrogens (tertiary/aromatic N) is 1. The van der Waals surface area contributed by atoms with Gasteiger partial charge in [-0.25, -0.2) is 0 Å². The first-order valence-electron chi connectivity index (χ1n) is 7.15. The smallest absolute Gasteiger partial charge is 0.221 e. The van der Waals surface area contributed by atoms with Crippen molar-refractivity contribution in [2.45, 2.75) is 27.4 Å². The summed E-state index contributed by atoms with van der Waals surface area (Å²) in [5.74, 6) is -0.0837. The van der Waals surface area contributed by atoms with Gasteiger partial charge in [0.05, 0.1) is 5.71 Å². The standard InChI is InChI=1S/C18H20N2O2/c1-13-5-4-6-16(11-13)12-22-20-14(2)17-7-9-18(10-8-17)19-15(3)21/h4-11H,12H2,1-3H3,(H,19,21)/b20-14+. The fourth-order valence-corrected chi connectivity index (χ4v) is 2.06. The van der Waals surface area contributed by atoms with E-state index in [0.29, 0.717) is 6.61 Å². The third-order valence-corrected chi connectivity index (χ3v) is 3.14. The quantitative estimate of drug-likeness (QED) is 0.672. The topological polar surface area (TPSA) is 50.7 Å². The molecule has 0 saturated heterocycles. The molecule has 0 saturated carbocycles. The lowest BCUT2D eigenvalue weighted by atomic mass is 10.1. The Balaban J connectivity index is 1.95. The van der Waals surface area contributed by atoms with Crippen LogP contribution in [-0.2, 0) is 16.2 Å². The lowest BCUT2D eigenvalue weighted by Gasteiger charge is -2.05. The van der Waals surface area contributed by atoms with Gasteiger partial charge in [0.1, 0.15) is 6.61 Å². The summed E-state index contributed by atoms with van der Waals surface area (Å²) in [6, 6.07) is 15.6. The minimum atomic E-state index is -0.0837. The average molecular weight is 296 g/mol. The molecule has 0 unspecified atom stereocenters. The van der Waals surface area contributed by atoms with E-state index in [9.17, 15) is 4.79 Å². The van der Waals surface area contributed by atoms with E-state index < -0.39 is 0 Å². The minimum absolute atomic E-state index is 0.0837. The van der Waals surface area contributed by atoms with E-state index in [1.54, 1.807) is 0 Å². The van der Waals surface area contributed by atoms with E-state index in [1.807, 2.05) is 43.3 Å². The number of rotatable bonds is 5. The summed E-state index contributed by atoms with van der Waals surface area (Å²) in [5.41, 5.74) is 4.82. The molecular weight excluding hydrogens is 276 g/mol. The number of hydrogen-bond acceptors (Lipinski definition) is 3. The Labute approximate surface area is 130 Å². The van der Waals surface area contributed by atoms with E-state index in [0.717, 1.165) is 22.5 Å². The van der Waals surface area contributed by atoms with Crippen LogP contribution in [0.4, 0.5) is 5.69 Å². The van der Waals surface area contributed by atoms with Gasteiger partial charge in [-0.15, -0.1) is 0 Å². The normalized spacial score (nSPS) is 11.1. The van der Waals surface area contributed by atoms with E-state index in [2.05, 4.69) is 29.5 Å². The molecule has 0 aliphatic carbocycles. The van der Waals surface area contributed by atoms with E-state index in [-0.39, 0.29) is 5.91 Å². The van der Waals surface area contributed by atoms with Crippen LogP contribution in [-0.4, -0.2) is 11.6 Å². The second-order valence-corrected chi connectivity index (χ2v) is 5.20. The molecule has 0 fully saturated rings. The second-order valence-electron chi connectivity index (χ2n) is 5.20. The molecule has 0 spiro atoms. The average Bonchev–Trinajstić information content (AvgIpc) is 2.47. The first-order valence-corrected chi connectivity index (χ1v) is 7.15. The van der Waals surface area contributed by atoms with E-state index >= 15 is 0 Å². The Hall–Kier alpha value is -2.62. The molecule has 0 heterocycles. The van der Waals surface area contributed by atoms with Gasteiger partial charge < -0.3 is 10.2 Å². The molecule has 22 heavy (non-hydrogen) atoms. The summed E-state index contributed by atoms with van der Waals surface area (Å²) in [4.78, 5) is 16.4. The molecular formula is C18H20N2O2. The summed E-state index contributed by atoms with van der Waals surface area (Å²) in [6.45, 7) is 5.88. The molecule has 0 aliphatic heterocycles. The zero-order chi connectivity index (χ0) is 15.9. The van der Waals surface area contributed by atoms with Gasteiger partial charge in [0.25, 0.3) is 0 Å². The van der Waals surface area contributed by atoms with Crippen LogP contribution < -0.4 is 5.32 Å². The number of anilines is 1. The first-order chi connectivity index (χ1) is 10.5. The number of nitrogens with one attached hydrogen (secondary N) is 1. The number of aryl methyl sites for hydroxylation is 1. The monoisotopic (exact) mass is 296 g/mol. The number of amides is 1. The molecule has 114 valence electrons. The highest BCUT2D eigenvalue weighted by Crippen LogP contribution is 2.11. The summed E-state index contributed by atoms with van der Waals surface area (Å²) >= 11 is 0. The van der Waals surface area contributed by atoms with Crippen molar-refractivity contribution in [1.82, 2.24) is 0 Å². The maximum Gasteiger partial charge on any atom is 0.221 e. The molecule has 4 nitrogen and oxygen atoms in total. The van der Waals surface area contributed by atoms with Crippen molar-refractivity contribution in [2.75, 3.05) is 5.32 Å². The SMILES string of the molecule is CC(=O)Nc1ccc(/C(C)=N/OCc2cccc(C)c2)cc1. The van der Waals surface area contributed by atoms with Crippen LogP contribution in [0.15, 0.2) is 53.7 Å². The van der Waals surface area contributed by atoms with Crippen molar-refractivity contribution in [2.24, 2.45) is 5.16 Å². The van der Waals surface area contributed by atoms with Crippen molar-refractivity contribution < 1.29 is 9.63 Å². The molecule has 2 aromatic carbocycles. The van der Waals surface area contributed by atoms with E-state index in [1.165, 1.54) is 12.5 Å². The Morgan fingerprint density at radius 1 is 1.14 bits per heavy atom. The van der Waals surface area contributed by atoms with Gasteiger partial charge in [-0.2, -0.15) is 0 Å². The zero-order valence-corrected chi connectivity index (χ0v) is 13.1. The maximum atomic E-state index is 11.0.